The Hall–Kier alpha value is -1.39. The van der Waals surface area contributed by atoms with E-state index >= 15 is 0 Å². The summed E-state index contributed by atoms with van der Waals surface area (Å²) in [4.78, 5) is 13.9. The Morgan fingerprint density at radius 1 is 1.35 bits per heavy atom. The van der Waals surface area contributed by atoms with Gasteiger partial charge in [-0.3, -0.25) is 4.79 Å². The lowest BCUT2D eigenvalue weighted by Crippen LogP contribution is -2.55. The van der Waals surface area contributed by atoms with Crippen molar-refractivity contribution in [1.29, 1.82) is 0 Å². The van der Waals surface area contributed by atoms with Crippen LogP contribution in [0.2, 0.25) is 0 Å². The smallest absolute Gasteiger partial charge is 0.241 e. The lowest BCUT2D eigenvalue weighted by Gasteiger charge is -2.28. The lowest BCUT2D eigenvalue weighted by atomic mass is 10.2. The molecule has 1 aliphatic rings. The molecule has 1 fully saturated rings. The fourth-order valence-corrected chi connectivity index (χ4v) is 2.03. The average molecular weight is 233 g/mol. The molecular formula is C13H19N3O. The Morgan fingerprint density at radius 2 is 2.12 bits per heavy atom. The zero-order chi connectivity index (χ0) is 12.1. The fraction of sp³-hybridized carbons (Fsp3) is 0.462. The summed E-state index contributed by atoms with van der Waals surface area (Å²) >= 11 is 0. The van der Waals surface area contributed by atoms with Crippen LogP contribution < -0.4 is 10.6 Å². The van der Waals surface area contributed by atoms with Gasteiger partial charge in [-0.05, 0) is 5.56 Å². The fourth-order valence-electron chi connectivity index (χ4n) is 2.03. The van der Waals surface area contributed by atoms with Gasteiger partial charge in [0, 0.05) is 33.2 Å². The lowest BCUT2D eigenvalue weighted by molar-refractivity contribution is -0.132. The molecule has 1 unspecified atom stereocenters. The van der Waals surface area contributed by atoms with Gasteiger partial charge in [-0.25, -0.2) is 0 Å². The number of carbonyl (C=O) groups excluding carboxylic acids is 1. The molecule has 1 aliphatic heterocycles. The van der Waals surface area contributed by atoms with Crippen LogP contribution in [0.3, 0.4) is 0 Å². The molecule has 2 rings (SSSR count). The van der Waals surface area contributed by atoms with Crippen LogP contribution in [0.15, 0.2) is 30.3 Å². The Balaban J connectivity index is 1.90. The Morgan fingerprint density at radius 3 is 2.76 bits per heavy atom. The quantitative estimate of drug-likeness (QED) is 0.784. The second-order valence-electron chi connectivity index (χ2n) is 4.39. The van der Waals surface area contributed by atoms with Crippen molar-refractivity contribution in [1.82, 2.24) is 15.5 Å². The molecule has 4 heteroatoms. The molecule has 17 heavy (non-hydrogen) atoms. The third-order valence-corrected chi connectivity index (χ3v) is 2.98. The van der Waals surface area contributed by atoms with Crippen molar-refractivity contribution >= 4 is 5.91 Å². The molecular weight excluding hydrogens is 214 g/mol. The highest BCUT2D eigenvalue weighted by atomic mass is 16.2. The second-order valence-corrected chi connectivity index (χ2v) is 4.39. The van der Waals surface area contributed by atoms with Crippen LogP contribution in [0, 0.1) is 0 Å². The topological polar surface area (TPSA) is 44.4 Å². The maximum atomic E-state index is 12.1. The first-order valence-corrected chi connectivity index (χ1v) is 6.00. The highest BCUT2D eigenvalue weighted by Crippen LogP contribution is 2.04. The van der Waals surface area contributed by atoms with Gasteiger partial charge in [0.25, 0.3) is 0 Å². The number of hydrogen-bond donors (Lipinski definition) is 2. The van der Waals surface area contributed by atoms with Gasteiger partial charge in [0.2, 0.25) is 5.91 Å². The molecule has 1 amide bonds. The summed E-state index contributed by atoms with van der Waals surface area (Å²) in [6.45, 7) is 3.18. The predicted molar refractivity (Wildman–Crippen MR) is 67.6 cm³/mol. The van der Waals surface area contributed by atoms with Gasteiger partial charge in [0.1, 0.15) is 0 Å². The first-order valence-electron chi connectivity index (χ1n) is 6.00. The van der Waals surface area contributed by atoms with Crippen molar-refractivity contribution in [3.8, 4) is 0 Å². The number of nitrogens with zero attached hydrogens (tertiary/aromatic N) is 1. The van der Waals surface area contributed by atoms with E-state index in [0.29, 0.717) is 6.54 Å². The number of piperazine rings is 1. The predicted octanol–water partition coefficient (Wildman–Crippen LogP) is 0.206. The zero-order valence-electron chi connectivity index (χ0n) is 10.1. The van der Waals surface area contributed by atoms with Gasteiger partial charge in [-0.15, -0.1) is 0 Å². The number of amides is 1. The third-order valence-electron chi connectivity index (χ3n) is 2.98. The molecule has 0 spiro atoms. The molecule has 4 nitrogen and oxygen atoms in total. The van der Waals surface area contributed by atoms with E-state index < -0.39 is 0 Å². The summed E-state index contributed by atoms with van der Waals surface area (Å²) < 4.78 is 0. The van der Waals surface area contributed by atoms with E-state index in [1.165, 1.54) is 0 Å². The highest BCUT2D eigenvalue weighted by molar-refractivity contribution is 5.82. The van der Waals surface area contributed by atoms with Crippen molar-refractivity contribution in [2.45, 2.75) is 12.6 Å². The van der Waals surface area contributed by atoms with Crippen LogP contribution in [0.1, 0.15) is 5.56 Å². The van der Waals surface area contributed by atoms with E-state index in [1.54, 1.807) is 4.90 Å². The van der Waals surface area contributed by atoms with Crippen molar-refractivity contribution < 1.29 is 4.79 Å². The van der Waals surface area contributed by atoms with Gasteiger partial charge < -0.3 is 15.5 Å². The zero-order valence-corrected chi connectivity index (χ0v) is 10.1. The van der Waals surface area contributed by atoms with Gasteiger partial charge in [-0.1, -0.05) is 30.3 Å². The number of nitrogens with one attached hydrogen (secondary N) is 2. The van der Waals surface area contributed by atoms with Crippen LogP contribution in [-0.2, 0) is 11.3 Å². The summed E-state index contributed by atoms with van der Waals surface area (Å²) in [7, 11) is 1.85. The molecule has 0 saturated carbocycles. The standard InChI is InChI=1S/C13H19N3O/c1-16(10-11-5-3-2-4-6-11)13(17)12-9-14-7-8-15-12/h2-6,12,14-15H,7-10H2,1H3. The summed E-state index contributed by atoms with van der Waals surface area (Å²) in [6, 6.07) is 9.96. The minimum atomic E-state index is -0.0857. The number of benzene rings is 1. The van der Waals surface area contributed by atoms with Gasteiger partial charge in [0.05, 0.1) is 6.04 Å². The number of hydrogen-bond acceptors (Lipinski definition) is 3. The largest absolute Gasteiger partial charge is 0.340 e. The molecule has 1 saturated heterocycles. The second kappa shape index (κ2) is 5.80. The minimum Gasteiger partial charge on any atom is -0.340 e. The molecule has 0 radical (unpaired) electrons. The van der Waals surface area contributed by atoms with E-state index in [9.17, 15) is 4.79 Å². The van der Waals surface area contributed by atoms with Crippen LogP contribution in [0.4, 0.5) is 0 Å². The van der Waals surface area contributed by atoms with Gasteiger partial charge in [0.15, 0.2) is 0 Å². The first-order chi connectivity index (χ1) is 8.27. The summed E-state index contributed by atoms with van der Waals surface area (Å²) in [5.41, 5.74) is 1.16. The normalized spacial score (nSPS) is 19.9. The van der Waals surface area contributed by atoms with E-state index in [-0.39, 0.29) is 11.9 Å². The van der Waals surface area contributed by atoms with Gasteiger partial charge >= 0.3 is 0 Å². The van der Waals surface area contributed by atoms with E-state index in [4.69, 9.17) is 0 Å². The summed E-state index contributed by atoms with van der Waals surface area (Å²) in [5, 5.41) is 6.46. The van der Waals surface area contributed by atoms with Gasteiger partial charge in [-0.2, -0.15) is 0 Å². The third kappa shape index (κ3) is 3.28. The van der Waals surface area contributed by atoms with Crippen LogP contribution >= 0.6 is 0 Å². The van der Waals surface area contributed by atoms with Crippen molar-refractivity contribution in [2.24, 2.45) is 0 Å². The number of likely N-dealkylation sites (N-methyl/N-ethyl adjacent to an activating group) is 1. The van der Waals surface area contributed by atoms with Crippen molar-refractivity contribution in [2.75, 3.05) is 26.7 Å². The maximum Gasteiger partial charge on any atom is 0.241 e. The minimum absolute atomic E-state index is 0.0857. The number of carbonyl (C=O) groups is 1. The SMILES string of the molecule is CN(Cc1ccccc1)C(=O)C1CNCCN1. The van der Waals surface area contributed by atoms with Crippen molar-refractivity contribution in [3.05, 3.63) is 35.9 Å². The molecule has 1 aromatic carbocycles. The Bertz CT molecular complexity index is 360. The highest BCUT2D eigenvalue weighted by Gasteiger charge is 2.23. The molecule has 1 atom stereocenters. The summed E-state index contributed by atoms with van der Waals surface area (Å²) in [5.74, 6) is 0.154. The molecule has 1 heterocycles. The Labute approximate surface area is 102 Å². The van der Waals surface area contributed by atoms with E-state index in [1.807, 2.05) is 37.4 Å². The summed E-state index contributed by atoms with van der Waals surface area (Å²) in [6.07, 6.45) is 0. The van der Waals surface area contributed by atoms with E-state index in [2.05, 4.69) is 10.6 Å². The van der Waals surface area contributed by atoms with Crippen LogP contribution in [0.25, 0.3) is 0 Å². The van der Waals surface area contributed by atoms with Crippen molar-refractivity contribution in [3.63, 3.8) is 0 Å². The monoisotopic (exact) mass is 233 g/mol. The molecule has 92 valence electrons. The molecule has 1 aromatic rings. The Kier molecular flexibility index (Phi) is 4.12. The molecule has 2 N–H and O–H groups in total. The maximum absolute atomic E-state index is 12.1. The van der Waals surface area contributed by atoms with Crippen LogP contribution in [0.5, 0.6) is 0 Å². The van der Waals surface area contributed by atoms with E-state index in [0.717, 1.165) is 25.2 Å². The molecule has 0 bridgehead atoms. The molecule has 0 aliphatic carbocycles. The average Bonchev–Trinajstić information content (AvgIpc) is 2.40. The molecule has 0 aromatic heterocycles. The first kappa shape index (κ1) is 12.1. The van der Waals surface area contributed by atoms with Crippen LogP contribution in [-0.4, -0.2) is 43.5 Å². The number of rotatable bonds is 3.